The number of ether oxygens (including phenoxy) is 1. The third-order valence-electron chi connectivity index (χ3n) is 4.78. The van der Waals surface area contributed by atoms with Crippen molar-refractivity contribution in [1.82, 2.24) is 15.0 Å². The monoisotopic (exact) mass is 336 g/mol. The van der Waals surface area contributed by atoms with Crippen LogP contribution < -0.4 is 5.32 Å². The first-order chi connectivity index (χ1) is 11.5. The van der Waals surface area contributed by atoms with Crippen LogP contribution in [0, 0.1) is 6.92 Å². The molecule has 2 amide bonds. The molecule has 1 aromatic rings. The second-order valence-electron chi connectivity index (χ2n) is 6.57. The van der Waals surface area contributed by atoms with Gasteiger partial charge in [-0.15, -0.1) is 0 Å². The van der Waals surface area contributed by atoms with Gasteiger partial charge < -0.3 is 19.5 Å². The fourth-order valence-electron chi connectivity index (χ4n) is 3.40. The lowest BCUT2D eigenvalue weighted by Crippen LogP contribution is -2.58. The van der Waals surface area contributed by atoms with Crippen LogP contribution in [0.2, 0.25) is 0 Å². The van der Waals surface area contributed by atoms with Crippen LogP contribution in [-0.2, 0) is 14.3 Å². The number of rotatable bonds is 4. The van der Waals surface area contributed by atoms with Gasteiger partial charge >= 0.3 is 0 Å². The Kier molecular flexibility index (Phi) is 4.86. The Morgan fingerprint density at radius 1 is 1.33 bits per heavy atom. The third kappa shape index (κ3) is 3.44. The highest BCUT2D eigenvalue weighted by Crippen LogP contribution is 2.31. The summed E-state index contributed by atoms with van der Waals surface area (Å²) >= 11 is 0. The second-order valence-corrected chi connectivity index (χ2v) is 6.57. The minimum Gasteiger partial charge on any atom is -0.378 e. The fraction of sp³-hybridized carbons (Fsp3) is 0.688. The molecule has 2 aliphatic rings. The molecule has 0 radical (unpaired) electrons. The van der Waals surface area contributed by atoms with Crippen LogP contribution in [0.5, 0.6) is 0 Å². The summed E-state index contributed by atoms with van der Waals surface area (Å²) in [6.45, 7) is 6.99. The van der Waals surface area contributed by atoms with E-state index in [0.29, 0.717) is 37.9 Å². The molecule has 1 N–H and O–H groups in total. The summed E-state index contributed by atoms with van der Waals surface area (Å²) in [6.07, 6.45) is 1.67. The molecule has 0 aromatic carbocycles. The van der Waals surface area contributed by atoms with Crippen LogP contribution in [0.1, 0.15) is 25.5 Å². The standard InChI is InChI=1S/C16H24N4O4/c1-12-10-13(18-24-12)17-14(21)11-20-5-3-4-16(20,2)15(22)19-6-8-23-9-7-19/h10H,3-9,11H2,1-2H3,(H,17,18,21)/t16-/m0/s1. The first kappa shape index (κ1) is 16.9. The maximum absolute atomic E-state index is 12.9. The second kappa shape index (κ2) is 6.90. The van der Waals surface area contributed by atoms with Crippen molar-refractivity contribution in [3.05, 3.63) is 11.8 Å². The molecule has 2 aliphatic heterocycles. The SMILES string of the molecule is Cc1cc(NC(=O)CN2CCC[C@@]2(C)C(=O)N2CCOCC2)no1. The number of carbonyl (C=O) groups is 2. The number of anilines is 1. The molecule has 0 saturated carbocycles. The van der Waals surface area contributed by atoms with Crippen LogP contribution in [0.3, 0.4) is 0 Å². The van der Waals surface area contributed by atoms with Gasteiger partial charge in [0.05, 0.1) is 25.3 Å². The number of nitrogens with one attached hydrogen (secondary N) is 1. The first-order valence-corrected chi connectivity index (χ1v) is 8.34. The van der Waals surface area contributed by atoms with Gasteiger partial charge in [0.15, 0.2) is 5.82 Å². The molecule has 8 nitrogen and oxygen atoms in total. The Balaban J connectivity index is 1.63. The highest BCUT2D eigenvalue weighted by Gasteiger charge is 2.46. The molecule has 1 atom stereocenters. The molecule has 0 spiro atoms. The van der Waals surface area contributed by atoms with Crippen LogP contribution in [0.15, 0.2) is 10.6 Å². The molecule has 24 heavy (non-hydrogen) atoms. The predicted octanol–water partition coefficient (Wildman–Crippen LogP) is 0.635. The Bertz CT molecular complexity index is 611. The number of hydrogen-bond acceptors (Lipinski definition) is 6. The smallest absolute Gasteiger partial charge is 0.242 e. The highest BCUT2D eigenvalue weighted by atomic mass is 16.5. The topological polar surface area (TPSA) is 87.9 Å². The van der Waals surface area contributed by atoms with Gasteiger partial charge in [0.25, 0.3) is 0 Å². The molecule has 132 valence electrons. The molecule has 1 aromatic heterocycles. The number of nitrogens with zero attached hydrogens (tertiary/aromatic N) is 3. The summed E-state index contributed by atoms with van der Waals surface area (Å²) < 4.78 is 10.3. The van der Waals surface area contributed by atoms with Crippen molar-refractivity contribution in [1.29, 1.82) is 0 Å². The molecule has 0 unspecified atom stereocenters. The molecular formula is C16H24N4O4. The van der Waals surface area contributed by atoms with Gasteiger partial charge in [0, 0.05) is 19.2 Å². The first-order valence-electron chi connectivity index (χ1n) is 8.34. The average Bonchev–Trinajstić information content (AvgIpc) is 3.14. The number of carbonyl (C=O) groups excluding carboxylic acids is 2. The Morgan fingerprint density at radius 3 is 2.75 bits per heavy atom. The van der Waals surface area contributed by atoms with Crippen LogP contribution in [-0.4, -0.2) is 71.7 Å². The lowest BCUT2D eigenvalue weighted by molar-refractivity contribution is -0.146. The zero-order valence-electron chi connectivity index (χ0n) is 14.2. The van der Waals surface area contributed by atoms with Gasteiger partial charge in [-0.05, 0) is 33.2 Å². The van der Waals surface area contributed by atoms with Crippen molar-refractivity contribution in [3.63, 3.8) is 0 Å². The van der Waals surface area contributed by atoms with E-state index in [4.69, 9.17) is 9.26 Å². The number of amides is 2. The normalized spacial score (nSPS) is 25.0. The zero-order valence-corrected chi connectivity index (χ0v) is 14.2. The number of morpholine rings is 1. The number of hydrogen-bond donors (Lipinski definition) is 1. The Hall–Kier alpha value is -1.93. The van der Waals surface area contributed by atoms with Gasteiger partial charge in [0.2, 0.25) is 11.8 Å². The zero-order chi connectivity index (χ0) is 17.2. The Labute approximate surface area is 141 Å². The van der Waals surface area contributed by atoms with E-state index < -0.39 is 5.54 Å². The van der Waals surface area contributed by atoms with Crippen molar-refractivity contribution in [2.75, 3.05) is 44.7 Å². The Morgan fingerprint density at radius 2 is 2.08 bits per heavy atom. The molecule has 8 heteroatoms. The number of aryl methyl sites for hydroxylation is 1. The largest absolute Gasteiger partial charge is 0.378 e. The van der Waals surface area contributed by atoms with Gasteiger partial charge in [-0.25, -0.2) is 0 Å². The van der Waals surface area contributed by atoms with Crippen molar-refractivity contribution in [3.8, 4) is 0 Å². The maximum atomic E-state index is 12.9. The van der Waals surface area contributed by atoms with E-state index in [1.807, 2.05) is 16.7 Å². The molecule has 0 bridgehead atoms. The highest BCUT2D eigenvalue weighted by molar-refractivity contribution is 5.93. The van der Waals surface area contributed by atoms with E-state index >= 15 is 0 Å². The van der Waals surface area contributed by atoms with Crippen molar-refractivity contribution >= 4 is 17.6 Å². The average molecular weight is 336 g/mol. The summed E-state index contributed by atoms with van der Waals surface area (Å²) in [5.41, 5.74) is -0.631. The summed E-state index contributed by atoms with van der Waals surface area (Å²) in [5, 5.41) is 6.48. The maximum Gasteiger partial charge on any atom is 0.242 e. The summed E-state index contributed by atoms with van der Waals surface area (Å²) in [4.78, 5) is 29.0. The molecule has 2 fully saturated rings. The van der Waals surface area contributed by atoms with Gasteiger partial charge in [0.1, 0.15) is 5.76 Å². The van der Waals surface area contributed by atoms with Gasteiger partial charge in [-0.2, -0.15) is 0 Å². The van der Waals surface area contributed by atoms with E-state index in [9.17, 15) is 9.59 Å². The number of aromatic nitrogens is 1. The van der Waals surface area contributed by atoms with Crippen LogP contribution >= 0.6 is 0 Å². The molecule has 0 aliphatic carbocycles. The molecule has 3 rings (SSSR count). The van der Waals surface area contributed by atoms with Crippen molar-refractivity contribution < 1.29 is 18.8 Å². The van der Waals surface area contributed by atoms with E-state index in [0.717, 1.165) is 19.4 Å². The number of likely N-dealkylation sites (tertiary alicyclic amines) is 1. The summed E-state index contributed by atoms with van der Waals surface area (Å²) in [7, 11) is 0. The fourth-order valence-corrected chi connectivity index (χ4v) is 3.40. The lowest BCUT2D eigenvalue weighted by atomic mass is 9.96. The van der Waals surface area contributed by atoms with Crippen molar-refractivity contribution in [2.45, 2.75) is 32.2 Å². The van der Waals surface area contributed by atoms with Crippen LogP contribution in [0.25, 0.3) is 0 Å². The molecule has 3 heterocycles. The molecule has 2 saturated heterocycles. The van der Waals surface area contributed by atoms with E-state index in [-0.39, 0.29) is 18.4 Å². The molecular weight excluding hydrogens is 312 g/mol. The van der Waals surface area contributed by atoms with Gasteiger partial charge in [-0.3, -0.25) is 14.5 Å². The van der Waals surface area contributed by atoms with Crippen molar-refractivity contribution in [2.24, 2.45) is 0 Å². The lowest BCUT2D eigenvalue weighted by Gasteiger charge is -2.39. The third-order valence-corrected chi connectivity index (χ3v) is 4.78. The quantitative estimate of drug-likeness (QED) is 0.868. The van der Waals surface area contributed by atoms with Gasteiger partial charge in [-0.1, -0.05) is 5.16 Å². The van der Waals surface area contributed by atoms with E-state index in [1.165, 1.54) is 0 Å². The van der Waals surface area contributed by atoms with E-state index in [2.05, 4.69) is 10.5 Å². The predicted molar refractivity (Wildman–Crippen MR) is 86.5 cm³/mol. The minimum atomic E-state index is -0.631. The minimum absolute atomic E-state index is 0.0911. The van der Waals surface area contributed by atoms with E-state index in [1.54, 1.807) is 13.0 Å². The van der Waals surface area contributed by atoms with Crippen LogP contribution in [0.4, 0.5) is 5.82 Å². The summed E-state index contributed by atoms with van der Waals surface area (Å²) in [6, 6.07) is 1.67. The summed E-state index contributed by atoms with van der Waals surface area (Å²) in [5.74, 6) is 0.941.